The summed E-state index contributed by atoms with van der Waals surface area (Å²) in [6.07, 6.45) is 2.48. The van der Waals surface area contributed by atoms with Gasteiger partial charge in [0.05, 0.1) is 6.10 Å². The predicted molar refractivity (Wildman–Crippen MR) is 68.6 cm³/mol. The Balaban J connectivity index is 2.09. The van der Waals surface area contributed by atoms with Crippen LogP contribution in [-0.4, -0.2) is 19.7 Å². The van der Waals surface area contributed by atoms with Crippen molar-refractivity contribution in [1.82, 2.24) is 5.32 Å². The summed E-state index contributed by atoms with van der Waals surface area (Å²) >= 11 is 0. The zero-order valence-electron chi connectivity index (χ0n) is 10.4. The third-order valence-corrected chi connectivity index (χ3v) is 2.56. The highest BCUT2D eigenvalue weighted by atomic mass is 16.5. The highest BCUT2D eigenvalue weighted by molar-refractivity contribution is 5.16. The number of benzene rings is 1. The zero-order chi connectivity index (χ0) is 11.6. The second-order valence-corrected chi connectivity index (χ2v) is 4.03. The van der Waals surface area contributed by atoms with Gasteiger partial charge in [-0.2, -0.15) is 0 Å². The van der Waals surface area contributed by atoms with Crippen LogP contribution in [-0.2, 0) is 4.74 Å². The minimum atomic E-state index is 0.201. The zero-order valence-corrected chi connectivity index (χ0v) is 10.4. The molecule has 1 aromatic carbocycles. The lowest BCUT2D eigenvalue weighted by Crippen LogP contribution is -2.17. The Morgan fingerprint density at radius 2 is 1.94 bits per heavy atom. The summed E-state index contributed by atoms with van der Waals surface area (Å²) in [5.74, 6) is 0. The minimum Gasteiger partial charge on any atom is -0.374 e. The van der Waals surface area contributed by atoms with Gasteiger partial charge >= 0.3 is 0 Å². The molecule has 0 radical (unpaired) electrons. The third kappa shape index (κ3) is 5.29. The summed E-state index contributed by atoms with van der Waals surface area (Å²) in [6.45, 7) is 7.27. The fourth-order valence-corrected chi connectivity index (χ4v) is 1.58. The molecule has 1 atom stereocenters. The fourth-order valence-electron chi connectivity index (χ4n) is 1.58. The summed E-state index contributed by atoms with van der Waals surface area (Å²) in [7, 11) is 0. The van der Waals surface area contributed by atoms with E-state index >= 15 is 0 Å². The molecule has 2 heteroatoms. The topological polar surface area (TPSA) is 21.3 Å². The van der Waals surface area contributed by atoms with Gasteiger partial charge in [-0.25, -0.2) is 0 Å². The predicted octanol–water partition coefficient (Wildman–Crippen LogP) is 3.15. The first-order chi connectivity index (χ1) is 7.84. The van der Waals surface area contributed by atoms with Crippen LogP contribution < -0.4 is 5.32 Å². The average Bonchev–Trinajstić information content (AvgIpc) is 2.34. The molecule has 0 aliphatic carbocycles. The first-order valence-corrected chi connectivity index (χ1v) is 6.22. The second-order valence-electron chi connectivity index (χ2n) is 4.03. The van der Waals surface area contributed by atoms with Gasteiger partial charge in [-0.05, 0) is 38.4 Å². The molecule has 0 bridgehead atoms. The second kappa shape index (κ2) is 8.31. The van der Waals surface area contributed by atoms with Crippen LogP contribution in [0.3, 0.4) is 0 Å². The Morgan fingerprint density at radius 3 is 2.62 bits per heavy atom. The van der Waals surface area contributed by atoms with Crippen LogP contribution in [0.2, 0.25) is 0 Å². The van der Waals surface area contributed by atoms with Crippen molar-refractivity contribution in [3.63, 3.8) is 0 Å². The Morgan fingerprint density at radius 1 is 1.19 bits per heavy atom. The standard InChI is InChI=1S/C14H23NO/c1-3-10-15-11-7-12-16-13(2)14-8-5-4-6-9-14/h4-6,8-9,13,15H,3,7,10-12H2,1-2H3. The van der Waals surface area contributed by atoms with Crippen LogP contribution in [0.4, 0.5) is 0 Å². The summed E-state index contributed by atoms with van der Waals surface area (Å²) in [5.41, 5.74) is 1.25. The molecule has 16 heavy (non-hydrogen) atoms. The average molecular weight is 221 g/mol. The molecule has 0 heterocycles. The van der Waals surface area contributed by atoms with Gasteiger partial charge in [0.1, 0.15) is 0 Å². The lowest BCUT2D eigenvalue weighted by molar-refractivity contribution is 0.0641. The SMILES string of the molecule is CCCNCCCOC(C)c1ccccc1. The summed E-state index contributed by atoms with van der Waals surface area (Å²) in [4.78, 5) is 0. The summed E-state index contributed by atoms with van der Waals surface area (Å²) < 4.78 is 5.77. The molecular weight excluding hydrogens is 198 g/mol. The molecule has 2 nitrogen and oxygen atoms in total. The molecule has 0 spiro atoms. The van der Waals surface area contributed by atoms with E-state index in [1.807, 2.05) is 6.07 Å². The van der Waals surface area contributed by atoms with Crippen molar-refractivity contribution in [2.75, 3.05) is 19.7 Å². The molecule has 1 aromatic rings. The van der Waals surface area contributed by atoms with Crippen molar-refractivity contribution in [3.8, 4) is 0 Å². The molecule has 0 saturated heterocycles. The van der Waals surface area contributed by atoms with Crippen molar-refractivity contribution >= 4 is 0 Å². The normalized spacial score (nSPS) is 12.6. The molecule has 1 unspecified atom stereocenters. The van der Waals surface area contributed by atoms with Crippen LogP contribution in [0.1, 0.15) is 38.4 Å². The Bertz CT molecular complexity index is 261. The van der Waals surface area contributed by atoms with Gasteiger partial charge in [-0.1, -0.05) is 37.3 Å². The van der Waals surface area contributed by atoms with Gasteiger partial charge in [-0.15, -0.1) is 0 Å². The maximum atomic E-state index is 5.77. The lowest BCUT2D eigenvalue weighted by atomic mass is 10.1. The van der Waals surface area contributed by atoms with E-state index in [1.54, 1.807) is 0 Å². The van der Waals surface area contributed by atoms with Gasteiger partial charge in [-0.3, -0.25) is 0 Å². The summed E-state index contributed by atoms with van der Waals surface area (Å²) in [6, 6.07) is 10.4. The molecular formula is C14H23NO. The molecule has 0 amide bonds. The van der Waals surface area contributed by atoms with Gasteiger partial charge in [0.25, 0.3) is 0 Å². The smallest absolute Gasteiger partial charge is 0.0796 e. The third-order valence-electron chi connectivity index (χ3n) is 2.56. The first-order valence-electron chi connectivity index (χ1n) is 6.22. The van der Waals surface area contributed by atoms with Crippen LogP contribution >= 0.6 is 0 Å². The lowest BCUT2D eigenvalue weighted by Gasteiger charge is -2.13. The number of nitrogens with one attached hydrogen (secondary N) is 1. The van der Waals surface area contributed by atoms with E-state index in [2.05, 4.69) is 43.4 Å². The maximum Gasteiger partial charge on any atom is 0.0796 e. The molecule has 0 saturated carbocycles. The van der Waals surface area contributed by atoms with Crippen molar-refractivity contribution in [3.05, 3.63) is 35.9 Å². The highest BCUT2D eigenvalue weighted by Gasteiger charge is 2.03. The van der Waals surface area contributed by atoms with Crippen LogP contribution in [0.15, 0.2) is 30.3 Å². The fraction of sp³-hybridized carbons (Fsp3) is 0.571. The molecule has 0 fully saturated rings. The largest absolute Gasteiger partial charge is 0.374 e. The molecule has 0 aromatic heterocycles. The van der Waals surface area contributed by atoms with E-state index in [4.69, 9.17) is 4.74 Å². The Labute approximate surface area is 99.0 Å². The van der Waals surface area contributed by atoms with Crippen LogP contribution in [0.25, 0.3) is 0 Å². The molecule has 90 valence electrons. The van der Waals surface area contributed by atoms with E-state index in [0.29, 0.717) is 0 Å². The Kier molecular flexibility index (Phi) is 6.86. The van der Waals surface area contributed by atoms with E-state index in [-0.39, 0.29) is 6.10 Å². The van der Waals surface area contributed by atoms with Crippen molar-refractivity contribution in [2.24, 2.45) is 0 Å². The monoisotopic (exact) mass is 221 g/mol. The number of rotatable bonds is 8. The van der Waals surface area contributed by atoms with Crippen molar-refractivity contribution < 1.29 is 4.74 Å². The van der Waals surface area contributed by atoms with Crippen LogP contribution in [0, 0.1) is 0 Å². The quantitative estimate of drug-likeness (QED) is 0.681. The highest BCUT2D eigenvalue weighted by Crippen LogP contribution is 2.15. The number of ether oxygens (including phenoxy) is 1. The van der Waals surface area contributed by atoms with Gasteiger partial charge in [0, 0.05) is 6.61 Å². The van der Waals surface area contributed by atoms with E-state index in [9.17, 15) is 0 Å². The first kappa shape index (κ1) is 13.2. The van der Waals surface area contributed by atoms with Crippen molar-refractivity contribution in [1.29, 1.82) is 0 Å². The Hall–Kier alpha value is -0.860. The maximum absolute atomic E-state index is 5.77. The number of hydrogen-bond acceptors (Lipinski definition) is 2. The minimum absolute atomic E-state index is 0.201. The van der Waals surface area contributed by atoms with E-state index in [1.165, 1.54) is 12.0 Å². The van der Waals surface area contributed by atoms with Gasteiger partial charge in [0.15, 0.2) is 0 Å². The van der Waals surface area contributed by atoms with Gasteiger partial charge < -0.3 is 10.1 Å². The number of hydrogen-bond donors (Lipinski definition) is 1. The van der Waals surface area contributed by atoms with Gasteiger partial charge in [0.2, 0.25) is 0 Å². The molecule has 0 aliphatic rings. The van der Waals surface area contributed by atoms with E-state index in [0.717, 1.165) is 26.1 Å². The van der Waals surface area contributed by atoms with Crippen molar-refractivity contribution in [2.45, 2.75) is 32.8 Å². The summed E-state index contributed by atoms with van der Waals surface area (Å²) in [5, 5.41) is 3.37. The molecule has 0 aliphatic heterocycles. The molecule has 1 N–H and O–H groups in total. The van der Waals surface area contributed by atoms with E-state index < -0.39 is 0 Å². The van der Waals surface area contributed by atoms with Crippen LogP contribution in [0.5, 0.6) is 0 Å². The molecule has 1 rings (SSSR count).